The first-order valence-electron chi connectivity index (χ1n) is 5.81. The predicted octanol–water partition coefficient (Wildman–Crippen LogP) is 1.46. The zero-order valence-electron chi connectivity index (χ0n) is 9.64. The lowest BCUT2D eigenvalue weighted by atomic mass is 10.2. The first-order chi connectivity index (χ1) is 7.79. The van der Waals surface area contributed by atoms with Gasteiger partial charge in [-0.1, -0.05) is 0 Å². The average Bonchev–Trinajstić information content (AvgIpc) is 2.84. The van der Waals surface area contributed by atoms with Crippen molar-refractivity contribution >= 4 is 17.2 Å². The number of nitrogens with one attached hydrogen (secondary N) is 2. The second-order valence-corrected chi connectivity index (χ2v) is 5.34. The molecular formula is C12H18N2OS. The summed E-state index contributed by atoms with van der Waals surface area (Å²) < 4.78 is 0. The van der Waals surface area contributed by atoms with E-state index in [4.69, 9.17) is 0 Å². The van der Waals surface area contributed by atoms with Gasteiger partial charge in [0.25, 0.3) is 0 Å². The van der Waals surface area contributed by atoms with E-state index in [1.54, 1.807) is 17.5 Å². The van der Waals surface area contributed by atoms with E-state index >= 15 is 0 Å². The molecule has 0 saturated carbocycles. The standard InChI is InChI=1S/C12H18N2OS/c1-13-12(15)5-6-14-8-10-7-9-3-2-4-11(9)16-10/h7,14H,2-6,8H2,1H3,(H,13,15). The van der Waals surface area contributed by atoms with Crippen molar-refractivity contribution in [3.05, 3.63) is 21.4 Å². The highest BCUT2D eigenvalue weighted by Gasteiger charge is 2.14. The number of amides is 1. The van der Waals surface area contributed by atoms with Gasteiger partial charge >= 0.3 is 0 Å². The highest BCUT2D eigenvalue weighted by atomic mass is 32.1. The third-order valence-electron chi connectivity index (χ3n) is 2.90. The van der Waals surface area contributed by atoms with Crippen LogP contribution in [0.3, 0.4) is 0 Å². The van der Waals surface area contributed by atoms with Gasteiger partial charge in [-0.2, -0.15) is 0 Å². The normalized spacial score (nSPS) is 13.8. The molecule has 0 saturated heterocycles. The summed E-state index contributed by atoms with van der Waals surface area (Å²) in [6, 6.07) is 2.32. The maximum atomic E-state index is 11.0. The summed E-state index contributed by atoms with van der Waals surface area (Å²) in [6.07, 6.45) is 4.40. The number of hydrogen-bond donors (Lipinski definition) is 2. The minimum Gasteiger partial charge on any atom is -0.359 e. The maximum absolute atomic E-state index is 11.0. The fourth-order valence-corrected chi connectivity index (χ4v) is 3.25. The van der Waals surface area contributed by atoms with Crippen LogP contribution in [0, 0.1) is 0 Å². The van der Waals surface area contributed by atoms with Crippen LogP contribution < -0.4 is 10.6 Å². The molecule has 88 valence electrons. The molecule has 1 aliphatic carbocycles. The number of hydrogen-bond acceptors (Lipinski definition) is 3. The predicted molar refractivity (Wildman–Crippen MR) is 66.7 cm³/mol. The van der Waals surface area contributed by atoms with Crippen molar-refractivity contribution in [1.29, 1.82) is 0 Å². The fourth-order valence-electron chi connectivity index (χ4n) is 2.02. The summed E-state index contributed by atoms with van der Waals surface area (Å²) in [5, 5.41) is 5.92. The Hall–Kier alpha value is -0.870. The van der Waals surface area contributed by atoms with Gasteiger partial charge in [0.15, 0.2) is 0 Å². The number of fused-ring (bicyclic) bond motifs is 1. The van der Waals surface area contributed by atoms with E-state index in [2.05, 4.69) is 16.7 Å². The molecule has 0 fully saturated rings. The van der Waals surface area contributed by atoms with Crippen molar-refractivity contribution in [2.24, 2.45) is 0 Å². The van der Waals surface area contributed by atoms with Gasteiger partial charge in [-0.15, -0.1) is 11.3 Å². The zero-order chi connectivity index (χ0) is 11.4. The minimum atomic E-state index is 0.0983. The van der Waals surface area contributed by atoms with Gasteiger partial charge in [0.2, 0.25) is 5.91 Å². The lowest BCUT2D eigenvalue weighted by molar-refractivity contribution is -0.120. The Kier molecular flexibility index (Phi) is 3.96. The Balaban J connectivity index is 1.71. The van der Waals surface area contributed by atoms with Crippen molar-refractivity contribution in [1.82, 2.24) is 10.6 Å². The summed E-state index contributed by atoms with van der Waals surface area (Å²) >= 11 is 1.92. The maximum Gasteiger partial charge on any atom is 0.221 e. The molecule has 3 nitrogen and oxygen atoms in total. The number of carbonyl (C=O) groups excluding carboxylic acids is 1. The van der Waals surface area contributed by atoms with Crippen molar-refractivity contribution in [3.8, 4) is 0 Å². The van der Waals surface area contributed by atoms with E-state index < -0.39 is 0 Å². The molecule has 1 aromatic rings. The van der Waals surface area contributed by atoms with E-state index in [1.165, 1.54) is 24.1 Å². The zero-order valence-corrected chi connectivity index (χ0v) is 10.5. The molecule has 4 heteroatoms. The molecule has 0 unspecified atom stereocenters. The van der Waals surface area contributed by atoms with Crippen LogP contribution in [-0.4, -0.2) is 19.5 Å². The first kappa shape index (κ1) is 11.6. The Morgan fingerprint density at radius 2 is 2.38 bits per heavy atom. The molecule has 1 aliphatic rings. The Morgan fingerprint density at radius 3 is 3.12 bits per heavy atom. The van der Waals surface area contributed by atoms with Gasteiger partial charge in [0.05, 0.1) is 0 Å². The summed E-state index contributed by atoms with van der Waals surface area (Å²) in [7, 11) is 1.67. The summed E-state index contributed by atoms with van der Waals surface area (Å²) in [5.74, 6) is 0.0983. The van der Waals surface area contributed by atoms with Gasteiger partial charge in [0.1, 0.15) is 0 Å². The lowest BCUT2D eigenvalue weighted by Gasteiger charge is -2.02. The second-order valence-electron chi connectivity index (χ2n) is 4.11. The molecule has 0 aliphatic heterocycles. The van der Waals surface area contributed by atoms with Gasteiger partial charge in [0, 0.05) is 36.3 Å². The molecular weight excluding hydrogens is 220 g/mol. The van der Waals surface area contributed by atoms with E-state index in [-0.39, 0.29) is 5.91 Å². The fraction of sp³-hybridized carbons (Fsp3) is 0.583. The number of aryl methyl sites for hydroxylation is 2. The summed E-state index contributed by atoms with van der Waals surface area (Å²) in [6.45, 7) is 1.65. The number of carbonyl (C=O) groups is 1. The second kappa shape index (κ2) is 5.46. The molecule has 1 aromatic heterocycles. The number of rotatable bonds is 5. The van der Waals surface area contributed by atoms with E-state index in [1.807, 2.05) is 11.3 Å². The van der Waals surface area contributed by atoms with Crippen molar-refractivity contribution in [2.45, 2.75) is 32.2 Å². The average molecular weight is 238 g/mol. The van der Waals surface area contributed by atoms with Crippen LogP contribution in [-0.2, 0) is 24.2 Å². The quantitative estimate of drug-likeness (QED) is 0.763. The molecule has 0 atom stereocenters. The van der Waals surface area contributed by atoms with Gasteiger partial charge < -0.3 is 10.6 Å². The monoisotopic (exact) mass is 238 g/mol. The highest BCUT2D eigenvalue weighted by Crippen LogP contribution is 2.30. The summed E-state index contributed by atoms with van der Waals surface area (Å²) in [5.41, 5.74) is 1.55. The van der Waals surface area contributed by atoms with Crippen LogP contribution in [0.15, 0.2) is 6.07 Å². The molecule has 16 heavy (non-hydrogen) atoms. The molecule has 0 aromatic carbocycles. The van der Waals surface area contributed by atoms with E-state index in [9.17, 15) is 4.79 Å². The molecule has 0 bridgehead atoms. The van der Waals surface area contributed by atoms with Crippen LogP contribution in [0.25, 0.3) is 0 Å². The lowest BCUT2D eigenvalue weighted by Crippen LogP contribution is -2.24. The minimum absolute atomic E-state index is 0.0983. The topological polar surface area (TPSA) is 41.1 Å². The van der Waals surface area contributed by atoms with Crippen molar-refractivity contribution in [2.75, 3.05) is 13.6 Å². The Bertz CT molecular complexity index is 352. The largest absolute Gasteiger partial charge is 0.359 e. The third kappa shape index (κ3) is 2.83. The summed E-state index contributed by atoms with van der Waals surface area (Å²) in [4.78, 5) is 14.0. The molecule has 0 spiro atoms. The molecule has 2 N–H and O–H groups in total. The van der Waals surface area contributed by atoms with Crippen LogP contribution in [0.1, 0.15) is 28.2 Å². The number of thiophene rings is 1. The van der Waals surface area contributed by atoms with Crippen molar-refractivity contribution < 1.29 is 4.79 Å². The van der Waals surface area contributed by atoms with Crippen LogP contribution in [0.2, 0.25) is 0 Å². The van der Waals surface area contributed by atoms with Crippen LogP contribution in [0.5, 0.6) is 0 Å². The molecule has 1 heterocycles. The SMILES string of the molecule is CNC(=O)CCNCc1cc2c(s1)CCC2. The molecule has 0 radical (unpaired) electrons. The Labute approximate surface area is 100 Å². The van der Waals surface area contributed by atoms with E-state index in [0.717, 1.165) is 13.1 Å². The highest BCUT2D eigenvalue weighted by molar-refractivity contribution is 7.12. The smallest absolute Gasteiger partial charge is 0.221 e. The van der Waals surface area contributed by atoms with Gasteiger partial charge in [-0.05, 0) is 30.9 Å². The third-order valence-corrected chi connectivity index (χ3v) is 4.14. The first-order valence-corrected chi connectivity index (χ1v) is 6.63. The van der Waals surface area contributed by atoms with Gasteiger partial charge in [-0.25, -0.2) is 0 Å². The van der Waals surface area contributed by atoms with Gasteiger partial charge in [-0.3, -0.25) is 4.79 Å². The van der Waals surface area contributed by atoms with E-state index in [0.29, 0.717) is 6.42 Å². The molecule has 1 amide bonds. The molecule has 2 rings (SSSR count). The van der Waals surface area contributed by atoms with Crippen LogP contribution in [0.4, 0.5) is 0 Å². The van der Waals surface area contributed by atoms with Crippen molar-refractivity contribution in [3.63, 3.8) is 0 Å². The Morgan fingerprint density at radius 1 is 1.50 bits per heavy atom. The van der Waals surface area contributed by atoms with Crippen LogP contribution >= 0.6 is 11.3 Å².